The maximum absolute atomic E-state index is 12.6. The monoisotopic (exact) mass is 294 g/mol. The topological polar surface area (TPSA) is 46.5 Å². The Labute approximate surface area is 116 Å². The number of carboxylic acid groups (broad SMARTS) is 1. The van der Waals surface area contributed by atoms with Crippen LogP contribution in [0.4, 0.5) is 13.2 Å². The Hall–Kier alpha value is -0.780. The molecule has 0 radical (unpaired) electrons. The van der Waals surface area contributed by atoms with Crippen LogP contribution in [0.25, 0.3) is 0 Å². The third-order valence-corrected chi connectivity index (χ3v) is 5.87. The molecule has 6 heteroatoms. The van der Waals surface area contributed by atoms with Crippen molar-refractivity contribution in [3.8, 4) is 0 Å². The summed E-state index contributed by atoms with van der Waals surface area (Å²) < 4.78 is 43.3. The van der Waals surface area contributed by atoms with Crippen LogP contribution in [0.5, 0.6) is 0 Å². The molecule has 116 valence electrons. The summed E-state index contributed by atoms with van der Waals surface area (Å²) in [6, 6.07) is 0. The van der Waals surface area contributed by atoms with Crippen LogP contribution >= 0.6 is 0 Å². The summed E-state index contributed by atoms with van der Waals surface area (Å²) >= 11 is 0. The number of hydrogen-bond acceptors (Lipinski definition) is 2. The molecule has 0 aliphatic heterocycles. The van der Waals surface area contributed by atoms with Crippen LogP contribution in [-0.2, 0) is 9.53 Å². The molecule has 0 amide bonds. The molecule has 1 N–H and O–H groups in total. The number of aliphatic carboxylic acids is 1. The Bertz CT molecular complexity index is 405. The van der Waals surface area contributed by atoms with Crippen molar-refractivity contribution in [3.63, 3.8) is 0 Å². The molecule has 0 aromatic rings. The minimum atomic E-state index is -4.76. The van der Waals surface area contributed by atoms with Gasteiger partial charge in [-0.15, -0.1) is 0 Å². The first-order valence-corrected chi connectivity index (χ1v) is 6.91. The van der Waals surface area contributed by atoms with E-state index >= 15 is 0 Å². The van der Waals surface area contributed by atoms with Crippen LogP contribution in [0.3, 0.4) is 0 Å². The lowest BCUT2D eigenvalue weighted by molar-refractivity contribution is -0.209. The second kappa shape index (κ2) is 4.61. The fourth-order valence-electron chi connectivity index (χ4n) is 3.90. The Morgan fingerprint density at radius 2 is 2.00 bits per heavy atom. The molecule has 0 heterocycles. The molecule has 0 spiro atoms. The first-order chi connectivity index (χ1) is 9.00. The molecule has 0 aromatic carbocycles. The van der Waals surface area contributed by atoms with E-state index in [0.29, 0.717) is 5.92 Å². The quantitative estimate of drug-likeness (QED) is 0.863. The summed E-state index contributed by atoms with van der Waals surface area (Å²) in [5.74, 6) is -3.86. The number of hydrogen-bond donors (Lipinski definition) is 1. The lowest BCUT2D eigenvalue weighted by Crippen LogP contribution is -2.41. The summed E-state index contributed by atoms with van der Waals surface area (Å²) in [6.45, 7) is 5.52. The van der Waals surface area contributed by atoms with Gasteiger partial charge in [-0.2, -0.15) is 13.2 Å². The normalized spacial score (nSPS) is 37.1. The average molecular weight is 294 g/mol. The maximum Gasteiger partial charge on any atom is 0.404 e. The second-order valence-corrected chi connectivity index (χ2v) is 6.86. The van der Waals surface area contributed by atoms with E-state index in [2.05, 4.69) is 13.8 Å². The number of ether oxygens (including phenoxy) is 1. The molecular weight excluding hydrogens is 273 g/mol. The van der Waals surface area contributed by atoms with Crippen molar-refractivity contribution in [2.24, 2.45) is 22.7 Å². The number of carbonyl (C=O) groups is 1. The lowest BCUT2D eigenvalue weighted by atomic mass is 9.70. The zero-order chi connectivity index (χ0) is 15.3. The van der Waals surface area contributed by atoms with Crippen molar-refractivity contribution in [1.82, 2.24) is 0 Å². The summed E-state index contributed by atoms with van der Waals surface area (Å²) in [5.41, 5.74) is -0.124. The molecule has 2 bridgehead atoms. The highest BCUT2D eigenvalue weighted by Gasteiger charge is 2.62. The third kappa shape index (κ3) is 2.22. The zero-order valence-corrected chi connectivity index (χ0v) is 12.0. The van der Waals surface area contributed by atoms with Crippen molar-refractivity contribution in [1.29, 1.82) is 0 Å². The molecule has 2 saturated carbocycles. The van der Waals surface area contributed by atoms with Gasteiger partial charge in [0, 0.05) is 0 Å². The van der Waals surface area contributed by atoms with Gasteiger partial charge in [0.1, 0.15) is 0 Å². The van der Waals surface area contributed by atoms with Gasteiger partial charge in [0.15, 0.2) is 5.92 Å². The van der Waals surface area contributed by atoms with Gasteiger partial charge in [-0.25, -0.2) is 0 Å². The van der Waals surface area contributed by atoms with Gasteiger partial charge in [0.2, 0.25) is 0 Å². The summed E-state index contributed by atoms with van der Waals surface area (Å²) in [5, 5.41) is 8.68. The lowest BCUT2D eigenvalue weighted by Gasteiger charge is -2.39. The van der Waals surface area contributed by atoms with Gasteiger partial charge < -0.3 is 9.84 Å². The Morgan fingerprint density at radius 3 is 2.35 bits per heavy atom. The second-order valence-electron chi connectivity index (χ2n) is 6.86. The maximum atomic E-state index is 12.6. The molecule has 2 fully saturated rings. The Morgan fingerprint density at radius 1 is 1.40 bits per heavy atom. The van der Waals surface area contributed by atoms with Gasteiger partial charge in [-0.1, -0.05) is 20.8 Å². The van der Waals surface area contributed by atoms with Crippen LogP contribution in [-0.4, -0.2) is 30.0 Å². The summed E-state index contributed by atoms with van der Waals surface area (Å²) in [4.78, 5) is 10.7. The first kappa shape index (κ1) is 15.6. The molecule has 2 aliphatic carbocycles. The third-order valence-electron chi connectivity index (χ3n) is 5.87. The number of rotatable bonds is 4. The minimum Gasteiger partial charge on any atom is -0.481 e. The standard InChI is InChI=1S/C14H21F3O3/c1-12(2)8-4-5-13(12,3)10(6-8)20-7-9(11(18)19)14(15,16)17/h8-10H,4-7H2,1-3H3,(H,18,19). The molecule has 0 aromatic heterocycles. The van der Waals surface area contributed by atoms with Gasteiger partial charge in [-0.3, -0.25) is 4.79 Å². The SMILES string of the molecule is CC1(C)C2CCC1(C)C(OCC(C(=O)O)C(F)(F)F)C2. The highest BCUT2D eigenvalue weighted by Crippen LogP contribution is 2.66. The van der Waals surface area contributed by atoms with Gasteiger partial charge in [0.05, 0.1) is 12.7 Å². The van der Waals surface area contributed by atoms with Crippen LogP contribution < -0.4 is 0 Å². The van der Waals surface area contributed by atoms with Gasteiger partial charge in [-0.05, 0) is 36.0 Å². The van der Waals surface area contributed by atoms with E-state index in [1.807, 2.05) is 6.92 Å². The fraction of sp³-hybridized carbons (Fsp3) is 0.929. The van der Waals surface area contributed by atoms with Crippen molar-refractivity contribution < 1.29 is 27.8 Å². The van der Waals surface area contributed by atoms with Gasteiger partial charge in [0.25, 0.3) is 0 Å². The van der Waals surface area contributed by atoms with Crippen LogP contribution in [0.2, 0.25) is 0 Å². The molecular formula is C14H21F3O3. The Kier molecular flexibility index (Phi) is 3.60. The van der Waals surface area contributed by atoms with Gasteiger partial charge >= 0.3 is 12.1 Å². The highest BCUT2D eigenvalue weighted by atomic mass is 19.4. The van der Waals surface area contributed by atoms with E-state index in [0.717, 1.165) is 19.3 Å². The minimum absolute atomic E-state index is 0.0363. The molecule has 0 saturated heterocycles. The number of halogens is 3. The molecule has 4 atom stereocenters. The van der Waals surface area contributed by atoms with E-state index in [9.17, 15) is 18.0 Å². The zero-order valence-electron chi connectivity index (χ0n) is 12.0. The van der Waals surface area contributed by atoms with Crippen LogP contribution in [0.15, 0.2) is 0 Å². The predicted molar refractivity (Wildman–Crippen MR) is 66.1 cm³/mol. The van der Waals surface area contributed by atoms with Crippen molar-refractivity contribution in [2.45, 2.75) is 52.3 Å². The molecule has 4 unspecified atom stereocenters. The number of fused-ring (bicyclic) bond motifs is 2. The predicted octanol–water partition coefficient (Wildman–Crippen LogP) is 3.48. The molecule has 2 rings (SSSR count). The van der Waals surface area contributed by atoms with Crippen molar-refractivity contribution >= 4 is 5.97 Å². The summed E-state index contributed by atoms with van der Waals surface area (Å²) in [6.07, 6.45) is -2.31. The van der Waals surface area contributed by atoms with E-state index in [1.54, 1.807) is 0 Å². The number of alkyl halides is 3. The average Bonchev–Trinajstić information content (AvgIpc) is 2.59. The smallest absolute Gasteiger partial charge is 0.404 e. The molecule has 20 heavy (non-hydrogen) atoms. The van der Waals surface area contributed by atoms with E-state index in [1.165, 1.54) is 0 Å². The van der Waals surface area contributed by atoms with E-state index < -0.39 is 24.7 Å². The Balaban J connectivity index is 2.04. The van der Waals surface area contributed by atoms with E-state index in [4.69, 9.17) is 9.84 Å². The van der Waals surface area contributed by atoms with Crippen LogP contribution in [0.1, 0.15) is 40.0 Å². The van der Waals surface area contributed by atoms with Crippen molar-refractivity contribution in [3.05, 3.63) is 0 Å². The first-order valence-electron chi connectivity index (χ1n) is 6.91. The summed E-state index contributed by atoms with van der Waals surface area (Å²) in [7, 11) is 0. The highest BCUT2D eigenvalue weighted by molar-refractivity contribution is 5.71. The fourth-order valence-corrected chi connectivity index (χ4v) is 3.90. The van der Waals surface area contributed by atoms with E-state index in [-0.39, 0.29) is 16.9 Å². The molecule has 3 nitrogen and oxygen atoms in total. The van der Waals surface area contributed by atoms with Crippen LogP contribution in [0, 0.1) is 22.7 Å². The van der Waals surface area contributed by atoms with Crippen molar-refractivity contribution in [2.75, 3.05) is 6.61 Å². The number of carboxylic acids is 1. The largest absolute Gasteiger partial charge is 0.481 e. The molecule has 2 aliphatic rings.